The van der Waals surface area contributed by atoms with E-state index in [-0.39, 0.29) is 18.6 Å². The number of aliphatic hydroxyl groups is 1. The number of aliphatic hydroxyl groups excluding tert-OH is 1. The van der Waals surface area contributed by atoms with E-state index >= 15 is 0 Å². The zero-order valence-corrected chi connectivity index (χ0v) is 12.0. The lowest BCUT2D eigenvalue weighted by Crippen LogP contribution is -2.32. The van der Waals surface area contributed by atoms with Crippen LogP contribution in [0.1, 0.15) is 13.3 Å². The molecule has 6 nitrogen and oxygen atoms in total. The number of nitrogens with zero attached hydrogens (tertiary/aromatic N) is 1. The zero-order valence-electron chi connectivity index (χ0n) is 12.0. The Balaban J connectivity index is 1.84. The summed E-state index contributed by atoms with van der Waals surface area (Å²) in [6, 6.07) is 9.15. The van der Waals surface area contributed by atoms with Crippen molar-refractivity contribution >= 4 is 11.7 Å². The van der Waals surface area contributed by atoms with Crippen LogP contribution in [-0.4, -0.2) is 34.5 Å². The average Bonchev–Trinajstić information content (AvgIpc) is 3.00. The van der Waals surface area contributed by atoms with Gasteiger partial charge >= 0.3 is 6.03 Å². The minimum absolute atomic E-state index is 0.138. The van der Waals surface area contributed by atoms with Gasteiger partial charge in [-0.15, -0.1) is 0 Å². The second-order valence-electron chi connectivity index (χ2n) is 5.00. The largest absolute Gasteiger partial charge is 0.396 e. The summed E-state index contributed by atoms with van der Waals surface area (Å²) >= 11 is 0. The Labute approximate surface area is 123 Å². The second-order valence-corrected chi connectivity index (χ2v) is 5.00. The van der Waals surface area contributed by atoms with Crippen LogP contribution in [0.4, 0.5) is 10.5 Å². The summed E-state index contributed by atoms with van der Waals surface area (Å²) in [5.74, 6) is 0.253. The quantitative estimate of drug-likeness (QED) is 0.657. The minimum Gasteiger partial charge on any atom is -0.396 e. The Morgan fingerprint density at radius 1 is 1.33 bits per heavy atom. The summed E-state index contributed by atoms with van der Waals surface area (Å²) in [6.07, 6.45) is 2.38. The van der Waals surface area contributed by atoms with E-state index in [1.54, 1.807) is 6.20 Å². The van der Waals surface area contributed by atoms with E-state index in [0.717, 1.165) is 16.9 Å². The monoisotopic (exact) mass is 288 g/mol. The van der Waals surface area contributed by atoms with E-state index in [4.69, 9.17) is 5.11 Å². The van der Waals surface area contributed by atoms with E-state index < -0.39 is 0 Å². The molecule has 21 heavy (non-hydrogen) atoms. The molecule has 0 radical (unpaired) electrons. The van der Waals surface area contributed by atoms with Gasteiger partial charge in [-0.2, -0.15) is 5.10 Å². The number of aromatic amines is 1. The number of nitrogens with one attached hydrogen (secondary N) is 3. The molecule has 0 aliphatic heterocycles. The van der Waals surface area contributed by atoms with E-state index in [1.807, 2.05) is 37.3 Å². The number of hydrogen-bond acceptors (Lipinski definition) is 3. The third kappa shape index (κ3) is 4.61. The standard InChI is InChI=1S/C15H20N4O2/c1-11(7-9-20)10-16-15(21)18-13-4-2-12(3-5-13)14-6-8-17-19-14/h2-6,8,11,20H,7,9-10H2,1H3,(H,17,19)(H2,16,18,21). The summed E-state index contributed by atoms with van der Waals surface area (Å²) in [5.41, 5.74) is 2.67. The smallest absolute Gasteiger partial charge is 0.319 e. The fraction of sp³-hybridized carbons (Fsp3) is 0.333. The molecule has 0 bridgehead atoms. The predicted molar refractivity (Wildman–Crippen MR) is 81.9 cm³/mol. The zero-order chi connectivity index (χ0) is 15.1. The van der Waals surface area contributed by atoms with Crippen LogP contribution in [-0.2, 0) is 0 Å². The highest BCUT2D eigenvalue weighted by Gasteiger charge is 2.06. The number of H-pyrrole nitrogens is 1. The number of anilines is 1. The van der Waals surface area contributed by atoms with Crippen molar-refractivity contribution in [1.29, 1.82) is 0 Å². The number of rotatable bonds is 6. The van der Waals surface area contributed by atoms with Crippen LogP contribution >= 0.6 is 0 Å². The third-order valence-corrected chi connectivity index (χ3v) is 3.19. The normalized spacial score (nSPS) is 11.9. The van der Waals surface area contributed by atoms with Gasteiger partial charge in [0, 0.05) is 25.0 Å². The SMILES string of the molecule is CC(CCO)CNC(=O)Nc1ccc(-c2ccn[nH]2)cc1. The average molecular weight is 288 g/mol. The molecule has 0 spiro atoms. The van der Waals surface area contributed by atoms with Crippen molar-refractivity contribution in [3.8, 4) is 11.3 Å². The van der Waals surface area contributed by atoms with Gasteiger partial charge in [0.1, 0.15) is 0 Å². The van der Waals surface area contributed by atoms with Crippen LogP contribution in [0.3, 0.4) is 0 Å². The van der Waals surface area contributed by atoms with Gasteiger partial charge in [0.2, 0.25) is 0 Å². The molecule has 1 aromatic heterocycles. The molecule has 0 aliphatic rings. The third-order valence-electron chi connectivity index (χ3n) is 3.19. The van der Waals surface area contributed by atoms with Gasteiger partial charge in [-0.3, -0.25) is 5.10 Å². The van der Waals surface area contributed by atoms with Crippen LogP contribution in [0.25, 0.3) is 11.3 Å². The van der Waals surface area contributed by atoms with Crippen molar-refractivity contribution in [3.63, 3.8) is 0 Å². The summed E-state index contributed by atoms with van der Waals surface area (Å²) in [4.78, 5) is 11.7. The van der Waals surface area contributed by atoms with Crippen molar-refractivity contribution in [2.45, 2.75) is 13.3 Å². The number of carbonyl (C=O) groups is 1. The summed E-state index contributed by atoms with van der Waals surface area (Å²) in [7, 11) is 0. The molecule has 6 heteroatoms. The number of amides is 2. The Hall–Kier alpha value is -2.34. The van der Waals surface area contributed by atoms with Gasteiger partial charge in [0.25, 0.3) is 0 Å². The molecule has 0 aliphatic carbocycles. The van der Waals surface area contributed by atoms with Gasteiger partial charge < -0.3 is 15.7 Å². The van der Waals surface area contributed by atoms with Gasteiger partial charge in [0.05, 0.1) is 5.69 Å². The van der Waals surface area contributed by atoms with Crippen molar-refractivity contribution < 1.29 is 9.90 Å². The molecule has 0 saturated carbocycles. The fourth-order valence-electron chi connectivity index (χ4n) is 1.91. The van der Waals surface area contributed by atoms with Crippen LogP contribution in [0.5, 0.6) is 0 Å². The second kappa shape index (κ2) is 7.44. The first-order chi connectivity index (χ1) is 10.2. The Kier molecular flexibility index (Phi) is 5.34. The molecule has 0 fully saturated rings. The lowest BCUT2D eigenvalue weighted by Gasteiger charge is -2.12. The Morgan fingerprint density at radius 2 is 2.10 bits per heavy atom. The maximum Gasteiger partial charge on any atom is 0.319 e. The first-order valence-electron chi connectivity index (χ1n) is 6.94. The number of aromatic nitrogens is 2. The predicted octanol–water partition coefficient (Wildman–Crippen LogP) is 2.22. The van der Waals surface area contributed by atoms with Gasteiger partial charge in [0.15, 0.2) is 0 Å². The van der Waals surface area contributed by atoms with Gasteiger partial charge in [-0.1, -0.05) is 19.1 Å². The number of hydrogen-bond donors (Lipinski definition) is 4. The van der Waals surface area contributed by atoms with Crippen LogP contribution in [0, 0.1) is 5.92 Å². The fourth-order valence-corrected chi connectivity index (χ4v) is 1.91. The molecule has 1 unspecified atom stereocenters. The number of carbonyl (C=O) groups excluding carboxylic acids is 1. The Bertz CT molecular complexity index is 552. The first-order valence-corrected chi connectivity index (χ1v) is 6.94. The maximum atomic E-state index is 11.7. The minimum atomic E-state index is -0.242. The molecular formula is C15H20N4O2. The first kappa shape index (κ1) is 15.1. The molecule has 2 rings (SSSR count). The highest BCUT2D eigenvalue weighted by atomic mass is 16.3. The summed E-state index contributed by atoms with van der Waals surface area (Å²) in [6.45, 7) is 2.66. The van der Waals surface area contributed by atoms with E-state index in [0.29, 0.717) is 13.0 Å². The molecule has 1 atom stereocenters. The number of urea groups is 1. The molecule has 2 amide bonds. The highest BCUT2D eigenvalue weighted by Crippen LogP contribution is 2.18. The van der Waals surface area contributed by atoms with Crippen molar-refractivity contribution in [2.75, 3.05) is 18.5 Å². The maximum absolute atomic E-state index is 11.7. The van der Waals surface area contributed by atoms with Gasteiger partial charge in [-0.25, -0.2) is 4.79 Å². The molecule has 1 heterocycles. The molecule has 4 N–H and O–H groups in total. The molecular weight excluding hydrogens is 268 g/mol. The summed E-state index contributed by atoms with van der Waals surface area (Å²) < 4.78 is 0. The molecule has 1 aromatic carbocycles. The van der Waals surface area contributed by atoms with Crippen molar-refractivity contribution in [1.82, 2.24) is 15.5 Å². The van der Waals surface area contributed by atoms with Crippen LogP contribution in [0.15, 0.2) is 36.5 Å². The number of benzene rings is 1. The molecule has 2 aromatic rings. The lowest BCUT2D eigenvalue weighted by atomic mass is 10.1. The molecule has 112 valence electrons. The highest BCUT2D eigenvalue weighted by molar-refractivity contribution is 5.89. The van der Waals surface area contributed by atoms with Crippen molar-refractivity contribution in [2.24, 2.45) is 5.92 Å². The van der Waals surface area contributed by atoms with Crippen LogP contribution in [0.2, 0.25) is 0 Å². The lowest BCUT2D eigenvalue weighted by molar-refractivity contribution is 0.243. The summed E-state index contributed by atoms with van der Waals surface area (Å²) in [5, 5.41) is 21.2. The van der Waals surface area contributed by atoms with E-state index in [9.17, 15) is 4.79 Å². The van der Waals surface area contributed by atoms with Crippen molar-refractivity contribution in [3.05, 3.63) is 36.5 Å². The molecule has 0 saturated heterocycles. The van der Waals surface area contributed by atoms with Crippen LogP contribution < -0.4 is 10.6 Å². The van der Waals surface area contributed by atoms with Gasteiger partial charge in [-0.05, 0) is 36.1 Å². The Morgan fingerprint density at radius 3 is 2.71 bits per heavy atom. The van der Waals surface area contributed by atoms with E-state index in [1.165, 1.54) is 0 Å². The topological polar surface area (TPSA) is 90.0 Å². The van der Waals surface area contributed by atoms with E-state index in [2.05, 4.69) is 20.8 Å².